The number of carbonyl (C=O) groups is 2. The number of amides is 1. The number of nitrogens with one attached hydrogen (secondary N) is 2. The minimum atomic E-state index is -4.40. The fourth-order valence-corrected chi connectivity index (χ4v) is 4.35. The molecule has 4 aromatic heterocycles. The molecule has 4 aromatic rings. The van der Waals surface area contributed by atoms with Crippen molar-refractivity contribution >= 4 is 29.4 Å². The fraction of sp³-hybridized carbons (Fsp3) is 0.273. The molecule has 38 heavy (non-hydrogen) atoms. The van der Waals surface area contributed by atoms with Crippen LogP contribution in [-0.2, 0) is 9.53 Å². The summed E-state index contributed by atoms with van der Waals surface area (Å²) in [5, 5.41) is 22.7. The van der Waals surface area contributed by atoms with Crippen molar-refractivity contribution in [1.82, 2.24) is 29.9 Å². The third kappa shape index (κ3) is 6.38. The molecule has 0 atom stereocenters. The van der Waals surface area contributed by atoms with Crippen LogP contribution in [0.5, 0.6) is 0 Å². The SMILES string of the molecule is O=C(Nc1cn(C2CC(OCC(F)(F)F)C2)nc1-c1ncccc1F)c1csc(-c2cn[nH]c2)n1.O=CO. The summed E-state index contributed by atoms with van der Waals surface area (Å²) in [5.41, 5.74) is 1.11. The molecule has 1 saturated carbocycles. The summed E-state index contributed by atoms with van der Waals surface area (Å²) < 4.78 is 58.0. The van der Waals surface area contributed by atoms with Gasteiger partial charge in [-0.3, -0.25) is 24.4 Å². The van der Waals surface area contributed by atoms with Gasteiger partial charge in [0.15, 0.2) is 5.82 Å². The number of aromatic nitrogens is 6. The van der Waals surface area contributed by atoms with Gasteiger partial charge in [-0.25, -0.2) is 9.37 Å². The van der Waals surface area contributed by atoms with Crippen molar-refractivity contribution in [2.24, 2.45) is 0 Å². The van der Waals surface area contributed by atoms with Gasteiger partial charge < -0.3 is 15.2 Å². The van der Waals surface area contributed by atoms with Gasteiger partial charge in [0, 0.05) is 29.5 Å². The first kappa shape index (κ1) is 26.9. The zero-order valence-corrected chi connectivity index (χ0v) is 20.0. The molecule has 0 aliphatic heterocycles. The van der Waals surface area contributed by atoms with Crippen molar-refractivity contribution in [1.29, 1.82) is 0 Å². The van der Waals surface area contributed by atoms with Gasteiger partial charge in [0.2, 0.25) is 0 Å². The van der Waals surface area contributed by atoms with Crippen LogP contribution in [0, 0.1) is 5.82 Å². The van der Waals surface area contributed by atoms with Crippen LogP contribution in [-0.4, -0.2) is 66.3 Å². The highest BCUT2D eigenvalue weighted by Crippen LogP contribution is 2.38. The number of thiazole rings is 1. The van der Waals surface area contributed by atoms with E-state index in [0.29, 0.717) is 17.8 Å². The van der Waals surface area contributed by atoms with E-state index >= 15 is 0 Å². The number of anilines is 1. The number of alkyl halides is 3. The molecular formula is C22H19F4N7O4S. The lowest BCUT2D eigenvalue weighted by Crippen LogP contribution is -2.36. The second kappa shape index (κ2) is 11.5. The number of carboxylic acid groups (broad SMARTS) is 1. The number of aromatic amines is 1. The van der Waals surface area contributed by atoms with E-state index < -0.39 is 30.6 Å². The Morgan fingerprint density at radius 3 is 2.76 bits per heavy atom. The Morgan fingerprint density at radius 1 is 1.34 bits per heavy atom. The van der Waals surface area contributed by atoms with Crippen molar-refractivity contribution in [3.63, 3.8) is 0 Å². The quantitative estimate of drug-likeness (QED) is 0.228. The summed E-state index contributed by atoms with van der Waals surface area (Å²) in [6.45, 7) is -1.57. The first-order valence-electron chi connectivity index (χ1n) is 10.9. The highest BCUT2D eigenvalue weighted by atomic mass is 32.1. The Hall–Kier alpha value is -4.18. The van der Waals surface area contributed by atoms with E-state index in [9.17, 15) is 22.4 Å². The van der Waals surface area contributed by atoms with Crippen LogP contribution in [0.4, 0.5) is 23.2 Å². The molecule has 11 nitrogen and oxygen atoms in total. The Bertz CT molecular complexity index is 1380. The number of ether oxygens (including phenoxy) is 1. The summed E-state index contributed by atoms with van der Waals surface area (Å²) in [7, 11) is 0. The first-order valence-corrected chi connectivity index (χ1v) is 11.8. The van der Waals surface area contributed by atoms with E-state index in [4.69, 9.17) is 14.6 Å². The number of pyridine rings is 1. The normalized spacial score (nSPS) is 16.7. The molecular weight excluding hydrogens is 534 g/mol. The van der Waals surface area contributed by atoms with E-state index in [1.165, 1.54) is 40.5 Å². The Morgan fingerprint density at radius 2 is 2.11 bits per heavy atom. The van der Waals surface area contributed by atoms with Crippen molar-refractivity contribution in [2.45, 2.75) is 31.2 Å². The van der Waals surface area contributed by atoms with Crippen molar-refractivity contribution < 1.29 is 37.0 Å². The third-order valence-electron chi connectivity index (χ3n) is 5.37. The number of H-pyrrole nitrogens is 1. The maximum absolute atomic E-state index is 14.5. The lowest BCUT2D eigenvalue weighted by atomic mass is 9.89. The second-order valence-electron chi connectivity index (χ2n) is 7.96. The number of hydrogen-bond donors (Lipinski definition) is 3. The van der Waals surface area contributed by atoms with Gasteiger partial charge in [-0.15, -0.1) is 11.3 Å². The minimum Gasteiger partial charge on any atom is -0.483 e. The monoisotopic (exact) mass is 553 g/mol. The van der Waals surface area contributed by atoms with Crippen LogP contribution in [0.2, 0.25) is 0 Å². The van der Waals surface area contributed by atoms with Gasteiger partial charge in [-0.05, 0) is 25.0 Å². The summed E-state index contributed by atoms with van der Waals surface area (Å²) in [6.07, 6.45) is 1.78. The van der Waals surface area contributed by atoms with Gasteiger partial charge in [0.05, 0.1) is 24.0 Å². The van der Waals surface area contributed by atoms with E-state index in [1.807, 2.05) is 0 Å². The number of hydrogen-bond acceptors (Lipinski definition) is 8. The molecule has 3 N–H and O–H groups in total. The molecule has 16 heteroatoms. The summed E-state index contributed by atoms with van der Waals surface area (Å²) in [4.78, 5) is 29.6. The zero-order valence-electron chi connectivity index (χ0n) is 19.2. The minimum absolute atomic E-state index is 0.0666. The largest absolute Gasteiger partial charge is 0.483 e. The van der Waals surface area contributed by atoms with Crippen LogP contribution < -0.4 is 5.32 Å². The Kier molecular flexibility index (Phi) is 8.11. The van der Waals surface area contributed by atoms with Gasteiger partial charge >= 0.3 is 6.18 Å². The van der Waals surface area contributed by atoms with E-state index in [2.05, 4.69) is 30.6 Å². The summed E-state index contributed by atoms with van der Waals surface area (Å²) >= 11 is 1.26. The van der Waals surface area contributed by atoms with Crippen LogP contribution >= 0.6 is 11.3 Å². The molecule has 0 radical (unpaired) electrons. The molecule has 0 unspecified atom stereocenters. The van der Waals surface area contributed by atoms with Gasteiger partial charge in [-0.2, -0.15) is 23.4 Å². The molecule has 1 aliphatic carbocycles. The number of nitrogens with zero attached hydrogens (tertiary/aromatic N) is 5. The second-order valence-corrected chi connectivity index (χ2v) is 8.82. The van der Waals surface area contributed by atoms with E-state index in [-0.39, 0.29) is 35.3 Å². The Balaban J connectivity index is 0.00000107. The molecule has 1 amide bonds. The van der Waals surface area contributed by atoms with Crippen LogP contribution in [0.15, 0.2) is 42.3 Å². The lowest BCUT2D eigenvalue weighted by molar-refractivity contribution is -0.196. The summed E-state index contributed by atoms with van der Waals surface area (Å²) in [6, 6.07) is 2.38. The third-order valence-corrected chi connectivity index (χ3v) is 6.26. The maximum Gasteiger partial charge on any atom is 0.411 e. The zero-order chi connectivity index (χ0) is 27.3. The van der Waals surface area contributed by atoms with Gasteiger partial charge in [-0.1, -0.05) is 0 Å². The average Bonchev–Trinajstić information content (AvgIpc) is 3.59. The van der Waals surface area contributed by atoms with E-state index in [0.717, 1.165) is 5.56 Å². The predicted molar refractivity (Wildman–Crippen MR) is 126 cm³/mol. The number of carbonyl (C=O) groups excluding carboxylic acids is 1. The highest BCUT2D eigenvalue weighted by Gasteiger charge is 2.37. The molecule has 0 aromatic carbocycles. The van der Waals surface area contributed by atoms with Gasteiger partial charge in [0.25, 0.3) is 12.4 Å². The number of rotatable bonds is 7. The fourth-order valence-electron chi connectivity index (χ4n) is 3.57. The van der Waals surface area contributed by atoms with Crippen molar-refractivity contribution in [3.8, 4) is 22.0 Å². The molecule has 0 spiro atoms. The standard InChI is InChI=1S/C21H17F4N7O2S.CH2O2/c22-14-2-1-3-26-17(14)18-15(8-32(31-18)12-4-13(5-12)34-10-21(23,24)25)29-19(33)16-9-35-20(30-16)11-6-27-28-7-11;2-1-3/h1-3,6-9,12-13H,4-5,10H2,(H,27,28)(H,29,33);1H,(H,2,3). The number of halogens is 4. The Labute approximate surface area is 215 Å². The molecule has 200 valence electrons. The predicted octanol–water partition coefficient (Wildman–Crippen LogP) is 4.17. The maximum atomic E-state index is 14.5. The van der Waals surface area contributed by atoms with Crippen LogP contribution in [0.25, 0.3) is 22.0 Å². The highest BCUT2D eigenvalue weighted by molar-refractivity contribution is 7.13. The molecule has 4 heterocycles. The topological polar surface area (TPSA) is 148 Å². The molecule has 0 bridgehead atoms. The van der Waals surface area contributed by atoms with Crippen LogP contribution in [0.3, 0.4) is 0 Å². The van der Waals surface area contributed by atoms with Crippen LogP contribution in [0.1, 0.15) is 29.4 Å². The lowest BCUT2D eigenvalue weighted by Gasteiger charge is -2.35. The van der Waals surface area contributed by atoms with Crippen molar-refractivity contribution in [2.75, 3.05) is 11.9 Å². The summed E-state index contributed by atoms with van der Waals surface area (Å²) in [5.74, 6) is -1.17. The smallest absolute Gasteiger partial charge is 0.411 e. The molecule has 5 rings (SSSR count). The molecule has 1 aliphatic rings. The van der Waals surface area contributed by atoms with Gasteiger partial charge in [0.1, 0.15) is 28.7 Å². The average molecular weight is 553 g/mol. The van der Waals surface area contributed by atoms with Crippen molar-refractivity contribution in [3.05, 3.63) is 53.8 Å². The first-order chi connectivity index (χ1) is 18.2. The molecule has 1 fully saturated rings. The molecule has 0 saturated heterocycles. The van der Waals surface area contributed by atoms with E-state index in [1.54, 1.807) is 17.8 Å².